The van der Waals surface area contributed by atoms with Crippen LogP contribution in [0.3, 0.4) is 0 Å². The molecule has 148 valence electrons. The number of anilines is 2. The standard InChI is InChI=1S/C25H19BrN2O2/c1-16-5-2-6-17(15-16)24(29)27-18-11-13-19(14-12-18)28-25(30)22-9-3-8-21-20(22)7-4-10-23(21)26/h2-15H,1H3,(H,27,29)(H,28,30). The van der Waals surface area contributed by atoms with Gasteiger partial charge in [0, 0.05) is 27.0 Å². The van der Waals surface area contributed by atoms with Crippen molar-refractivity contribution in [2.24, 2.45) is 0 Å². The second-order valence-electron chi connectivity index (χ2n) is 7.00. The van der Waals surface area contributed by atoms with Crippen LogP contribution in [0.15, 0.2) is 89.4 Å². The van der Waals surface area contributed by atoms with Crippen molar-refractivity contribution in [1.29, 1.82) is 0 Å². The largest absolute Gasteiger partial charge is 0.322 e. The second-order valence-corrected chi connectivity index (χ2v) is 7.85. The van der Waals surface area contributed by atoms with Crippen molar-refractivity contribution < 1.29 is 9.59 Å². The molecule has 0 spiro atoms. The Labute approximate surface area is 183 Å². The molecule has 0 heterocycles. The van der Waals surface area contributed by atoms with Crippen LogP contribution >= 0.6 is 15.9 Å². The van der Waals surface area contributed by atoms with Crippen LogP contribution in [0.5, 0.6) is 0 Å². The lowest BCUT2D eigenvalue weighted by Gasteiger charge is -2.10. The molecule has 2 amide bonds. The number of fused-ring (bicyclic) bond motifs is 1. The fraction of sp³-hybridized carbons (Fsp3) is 0.0400. The lowest BCUT2D eigenvalue weighted by atomic mass is 10.0. The van der Waals surface area contributed by atoms with Crippen molar-refractivity contribution >= 4 is 49.9 Å². The Morgan fingerprint density at radius 3 is 2.00 bits per heavy atom. The number of carbonyl (C=O) groups excluding carboxylic acids is 2. The molecule has 0 unspecified atom stereocenters. The van der Waals surface area contributed by atoms with Gasteiger partial charge in [0.25, 0.3) is 11.8 Å². The van der Waals surface area contributed by atoms with Gasteiger partial charge in [-0.2, -0.15) is 0 Å². The summed E-state index contributed by atoms with van der Waals surface area (Å²) in [7, 11) is 0. The number of hydrogen-bond donors (Lipinski definition) is 2. The van der Waals surface area contributed by atoms with Crippen LogP contribution in [0.1, 0.15) is 26.3 Å². The van der Waals surface area contributed by atoms with E-state index in [1.54, 1.807) is 36.4 Å². The van der Waals surface area contributed by atoms with Gasteiger partial charge in [-0.15, -0.1) is 0 Å². The maximum atomic E-state index is 12.8. The van der Waals surface area contributed by atoms with Crippen LogP contribution < -0.4 is 10.6 Å². The molecular weight excluding hydrogens is 440 g/mol. The minimum Gasteiger partial charge on any atom is -0.322 e. The first kappa shape index (κ1) is 19.9. The number of rotatable bonds is 4. The summed E-state index contributed by atoms with van der Waals surface area (Å²) in [5.74, 6) is -0.355. The number of nitrogens with one attached hydrogen (secondary N) is 2. The van der Waals surface area contributed by atoms with Gasteiger partial charge in [-0.05, 0) is 66.2 Å². The molecule has 0 bridgehead atoms. The molecule has 0 radical (unpaired) electrons. The van der Waals surface area contributed by atoms with Crippen LogP contribution in [0.4, 0.5) is 11.4 Å². The summed E-state index contributed by atoms with van der Waals surface area (Å²) < 4.78 is 0.948. The Bertz CT molecular complexity index is 1250. The number of hydrogen-bond acceptors (Lipinski definition) is 2. The Morgan fingerprint density at radius 1 is 0.700 bits per heavy atom. The zero-order valence-corrected chi connectivity index (χ0v) is 17.9. The number of amides is 2. The van der Waals surface area contributed by atoms with Gasteiger partial charge in [0.1, 0.15) is 0 Å². The molecule has 4 aromatic rings. The van der Waals surface area contributed by atoms with Crippen molar-refractivity contribution in [2.45, 2.75) is 6.92 Å². The van der Waals surface area contributed by atoms with Gasteiger partial charge < -0.3 is 10.6 Å². The maximum absolute atomic E-state index is 12.8. The van der Waals surface area contributed by atoms with Gasteiger partial charge in [0.05, 0.1) is 0 Å². The van der Waals surface area contributed by atoms with E-state index in [9.17, 15) is 9.59 Å². The van der Waals surface area contributed by atoms with Gasteiger partial charge >= 0.3 is 0 Å². The van der Waals surface area contributed by atoms with Gasteiger partial charge in [-0.25, -0.2) is 0 Å². The zero-order valence-electron chi connectivity index (χ0n) is 16.3. The molecule has 5 heteroatoms. The van der Waals surface area contributed by atoms with Gasteiger partial charge in [0.2, 0.25) is 0 Å². The summed E-state index contributed by atoms with van der Waals surface area (Å²) in [6.07, 6.45) is 0. The normalized spacial score (nSPS) is 10.6. The van der Waals surface area contributed by atoms with Crippen molar-refractivity contribution in [3.05, 3.63) is 106 Å². The number of carbonyl (C=O) groups is 2. The molecule has 0 atom stereocenters. The lowest BCUT2D eigenvalue weighted by molar-refractivity contribution is 0.101. The highest BCUT2D eigenvalue weighted by Crippen LogP contribution is 2.27. The molecule has 2 N–H and O–H groups in total. The van der Waals surface area contributed by atoms with E-state index < -0.39 is 0 Å². The Hall–Kier alpha value is -3.44. The monoisotopic (exact) mass is 458 g/mol. The molecule has 0 saturated carbocycles. The van der Waals surface area contributed by atoms with Crippen LogP contribution in [-0.2, 0) is 0 Å². The van der Waals surface area contributed by atoms with Crippen molar-refractivity contribution in [3.8, 4) is 0 Å². The Kier molecular flexibility index (Phi) is 5.63. The molecule has 4 aromatic carbocycles. The third kappa shape index (κ3) is 4.26. The molecule has 0 aliphatic rings. The second kappa shape index (κ2) is 8.51. The van der Waals surface area contributed by atoms with E-state index >= 15 is 0 Å². The first-order valence-corrected chi connectivity index (χ1v) is 10.3. The van der Waals surface area contributed by atoms with E-state index in [2.05, 4.69) is 26.6 Å². The van der Waals surface area contributed by atoms with E-state index in [4.69, 9.17) is 0 Å². The molecule has 4 rings (SSSR count). The van der Waals surface area contributed by atoms with E-state index in [1.165, 1.54) is 0 Å². The van der Waals surface area contributed by atoms with Crippen LogP contribution in [0.2, 0.25) is 0 Å². The summed E-state index contributed by atoms with van der Waals surface area (Å²) in [6.45, 7) is 1.95. The average molecular weight is 459 g/mol. The molecule has 0 aliphatic carbocycles. The van der Waals surface area contributed by atoms with E-state index in [-0.39, 0.29) is 11.8 Å². The van der Waals surface area contributed by atoms with Crippen molar-refractivity contribution in [3.63, 3.8) is 0 Å². The van der Waals surface area contributed by atoms with Gasteiger partial charge in [-0.1, -0.05) is 57.9 Å². The highest BCUT2D eigenvalue weighted by molar-refractivity contribution is 9.10. The third-order valence-corrected chi connectivity index (χ3v) is 5.49. The molecule has 0 aliphatic heterocycles. The molecule has 30 heavy (non-hydrogen) atoms. The van der Waals surface area contributed by atoms with Crippen molar-refractivity contribution in [2.75, 3.05) is 10.6 Å². The van der Waals surface area contributed by atoms with E-state index in [0.717, 1.165) is 20.8 Å². The highest BCUT2D eigenvalue weighted by atomic mass is 79.9. The lowest BCUT2D eigenvalue weighted by Crippen LogP contribution is -2.13. The summed E-state index contributed by atoms with van der Waals surface area (Å²) in [6, 6.07) is 25.9. The number of halogens is 1. The number of aryl methyl sites for hydroxylation is 1. The average Bonchev–Trinajstić information content (AvgIpc) is 2.75. The van der Waals surface area contributed by atoms with Crippen LogP contribution in [0.25, 0.3) is 10.8 Å². The summed E-state index contributed by atoms with van der Waals surface area (Å²) in [5.41, 5.74) is 3.55. The number of benzene rings is 4. The fourth-order valence-electron chi connectivity index (χ4n) is 3.29. The molecule has 0 saturated heterocycles. The predicted octanol–water partition coefficient (Wildman–Crippen LogP) is 6.42. The quantitative estimate of drug-likeness (QED) is 0.370. The zero-order chi connectivity index (χ0) is 21.1. The summed E-state index contributed by atoms with van der Waals surface area (Å²) in [4.78, 5) is 25.2. The van der Waals surface area contributed by atoms with E-state index in [1.807, 2.05) is 55.5 Å². The van der Waals surface area contributed by atoms with E-state index in [0.29, 0.717) is 22.5 Å². The first-order chi connectivity index (χ1) is 14.5. The summed E-state index contributed by atoms with van der Waals surface area (Å²) in [5, 5.41) is 7.66. The SMILES string of the molecule is Cc1cccc(C(=O)Nc2ccc(NC(=O)c3cccc4c(Br)cccc34)cc2)c1. The van der Waals surface area contributed by atoms with Crippen molar-refractivity contribution in [1.82, 2.24) is 0 Å². The molecular formula is C25H19BrN2O2. The highest BCUT2D eigenvalue weighted by Gasteiger charge is 2.12. The van der Waals surface area contributed by atoms with Gasteiger partial charge in [-0.3, -0.25) is 9.59 Å². The maximum Gasteiger partial charge on any atom is 0.256 e. The summed E-state index contributed by atoms with van der Waals surface area (Å²) >= 11 is 3.53. The fourth-order valence-corrected chi connectivity index (χ4v) is 3.79. The van der Waals surface area contributed by atoms with Gasteiger partial charge in [0.15, 0.2) is 0 Å². The Morgan fingerprint density at radius 2 is 1.30 bits per heavy atom. The molecule has 0 aromatic heterocycles. The Balaban J connectivity index is 1.48. The van der Waals surface area contributed by atoms with Crippen LogP contribution in [0, 0.1) is 6.92 Å². The topological polar surface area (TPSA) is 58.2 Å². The predicted molar refractivity (Wildman–Crippen MR) is 125 cm³/mol. The minimum atomic E-state index is -0.185. The molecule has 4 nitrogen and oxygen atoms in total. The smallest absolute Gasteiger partial charge is 0.256 e. The minimum absolute atomic E-state index is 0.170. The third-order valence-electron chi connectivity index (χ3n) is 4.79. The van der Waals surface area contributed by atoms with Crippen LogP contribution in [-0.4, -0.2) is 11.8 Å². The first-order valence-electron chi connectivity index (χ1n) is 9.48. The molecule has 0 fully saturated rings.